The third-order valence-corrected chi connectivity index (χ3v) is 2.78. The summed E-state index contributed by atoms with van der Waals surface area (Å²) in [5.74, 6) is -0.963. The number of rotatable bonds is 3. The van der Waals surface area contributed by atoms with E-state index in [1.807, 2.05) is 0 Å². The zero-order valence-corrected chi connectivity index (χ0v) is 11.0. The summed E-state index contributed by atoms with van der Waals surface area (Å²) in [5, 5.41) is 22.9. The highest BCUT2D eigenvalue weighted by molar-refractivity contribution is 6.33. The van der Waals surface area contributed by atoms with Gasteiger partial charge >= 0.3 is 0 Å². The van der Waals surface area contributed by atoms with Crippen molar-refractivity contribution in [3.05, 3.63) is 58.6 Å². The first-order valence-electron chi connectivity index (χ1n) is 5.67. The maximum atomic E-state index is 11.7. The van der Waals surface area contributed by atoms with Gasteiger partial charge in [0.15, 0.2) is 0 Å². The molecular formula is C14H11ClN2O3. The average Bonchev–Trinajstić information content (AvgIpc) is 2.39. The molecule has 0 fully saturated rings. The molecule has 0 unspecified atom stereocenters. The number of halogens is 1. The van der Waals surface area contributed by atoms with E-state index in [2.05, 4.69) is 10.5 Å². The number of hydrazone groups is 1. The molecule has 0 atom stereocenters. The molecule has 0 aliphatic carbocycles. The summed E-state index contributed by atoms with van der Waals surface area (Å²) < 4.78 is 0. The van der Waals surface area contributed by atoms with Gasteiger partial charge in [0, 0.05) is 22.2 Å². The van der Waals surface area contributed by atoms with Crippen molar-refractivity contribution in [3.63, 3.8) is 0 Å². The zero-order chi connectivity index (χ0) is 14.5. The standard InChI is InChI=1S/C14H11ClN2O3/c15-13-4-2-1-3-9(13)8-16-17-14(20)10-5-11(18)7-12(19)6-10/h1-8,18-19H,(H,17,20)/b16-8+. The van der Waals surface area contributed by atoms with Crippen molar-refractivity contribution < 1.29 is 15.0 Å². The fraction of sp³-hybridized carbons (Fsp3) is 0. The average molecular weight is 291 g/mol. The monoisotopic (exact) mass is 290 g/mol. The Hall–Kier alpha value is -2.53. The van der Waals surface area contributed by atoms with Crippen LogP contribution in [0.4, 0.5) is 0 Å². The van der Waals surface area contributed by atoms with Crippen LogP contribution >= 0.6 is 11.6 Å². The molecule has 0 bridgehead atoms. The Balaban J connectivity index is 2.07. The Morgan fingerprint density at radius 3 is 2.45 bits per heavy atom. The molecule has 0 aliphatic heterocycles. The van der Waals surface area contributed by atoms with E-state index in [1.165, 1.54) is 18.3 Å². The van der Waals surface area contributed by atoms with Crippen LogP contribution in [0.2, 0.25) is 5.02 Å². The molecule has 6 heteroatoms. The van der Waals surface area contributed by atoms with Crippen molar-refractivity contribution in [1.82, 2.24) is 5.43 Å². The lowest BCUT2D eigenvalue weighted by atomic mass is 10.2. The van der Waals surface area contributed by atoms with Crippen LogP contribution in [0.25, 0.3) is 0 Å². The molecule has 0 saturated heterocycles. The third kappa shape index (κ3) is 3.49. The molecule has 2 rings (SSSR count). The summed E-state index contributed by atoms with van der Waals surface area (Å²) >= 11 is 5.93. The SMILES string of the molecule is O=C(N/N=C/c1ccccc1Cl)c1cc(O)cc(O)c1. The molecule has 0 aliphatic rings. The van der Waals surface area contributed by atoms with Crippen LogP contribution in [0.1, 0.15) is 15.9 Å². The van der Waals surface area contributed by atoms with Crippen LogP contribution in [0, 0.1) is 0 Å². The predicted octanol–water partition coefficient (Wildman–Crippen LogP) is 2.52. The van der Waals surface area contributed by atoms with Gasteiger partial charge in [-0.3, -0.25) is 4.79 Å². The fourth-order valence-corrected chi connectivity index (χ4v) is 1.72. The first-order valence-corrected chi connectivity index (χ1v) is 6.05. The molecule has 0 radical (unpaired) electrons. The highest BCUT2D eigenvalue weighted by Crippen LogP contribution is 2.20. The topological polar surface area (TPSA) is 81.9 Å². The number of nitrogens with zero attached hydrogens (tertiary/aromatic N) is 1. The number of nitrogens with one attached hydrogen (secondary N) is 1. The fourth-order valence-electron chi connectivity index (χ4n) is 1.53. The van der Waals surface area contributed by atoms with Gasteiger partial charge in [0.1, 0.15) is 11.5 Å². The van der Waals surface area contributed by atoms with Crippen LogP contribution in [0.3, 0.4) is 0 Å². The smallest absolute Gasteiger partial charge is 0.271 e. The van der Waals surface area contributed by atoms with Crippen molar-refractivity contribution in [3.8, 4) is 11.5 Å². The molecule has 2 aromatic carbocycles. The lowest BCUT2D eigenvalue weighted by Crippen LogP contribution is -2.17. The minimum atomic E-state index is -0.556. The van der Waals surface area contributed by atoms with E-state index in [0.29, 0.717) is 10.6 Å². The van der Waals surface area contributed by atoms with Crippen molar-refractivity contribution in [1.29, 1.82) is 0 Å². The number of phenolic OH excluding ortho intramolecular Hbond substituents is 2. The first kappa shape index (κ1) is 13.9. The van der Waals surface area contributed by atoms with Gasteiger partial charge in [-0.2, -0.15) is 5.10 Å². The molecule has 20 heavy (non-hydrogen) atoms. The normalized spacial score (nSPS) is 10.7. The van der Waals surface area contributed by atoms with E-state index in [-0.39, 0.29) is 17.1 Å². The number of hydrogen-bond donors (Lipinski definition) is 3. The quantitative estimate of drug-likeness (QED) is 0.600. The van der Waals surface area contributed by atoms with E-state index in [9.17, 15) is 15.0 Å². The molecule has 0 aromatic heterocycles. The summed E-state index contributed by atoms with van der Waals surface area (Å²) in [5.41, 5.74) is 3.04. The van der Waals surface area contributed by atoms with Gasteiger partial charge in [0.25, 0.3) is 5.91 Å². The Bertz CT molecular complexity index is 651. The summed E-state index contributed by atoms with van der Waals surface area (Å²) in [6, 6.07) is 10.6. The number of hydrogen-bond acceptors (Lipinski definition) is 4. The van der Waals surface area contributed by atoms with Crippen LogP contribution in [-0.4, -0.2) is 22.3 Å². The van der Waals surface area contributed by atoms with Crippen LogP contribution in [0.15, 0.2) is 47.6 Å². The molecule has 0 saturated carbocycles. The Kier molecular flexibility index (Phi) is 4.22. The Morgan fingerprint density at radius 2 is 1.80 bits per heavy atom. The van der Waals surface area contributed by atoms with Gasteiger partial charge in [0.05, 0.1) is 6.21 Å². The van der Waals surface area contributed by atoms with Gasteiger partial charge in [-0.1, -0.05) is 29.8 Å². The number of benzene rings is 2. The molecule has 0 spiro atoms. The molecule has 5 nitrogen and oxygen atoms in total. The summed E-state index contributed by atoms with van der Waals surface area (Å²) in [4.78, 5) is 11.7. The molecule has 102 valence electrons. The zero-order valence-electron chi connectivity index (χ0n) is 10.2. The predicted molar refractivity (Wildman–Crippen MR) is 76.3 cm³/mol. The van der Waals surface area contributed by atoms with Crippen molar-refractivity contribution in [2.75, 3.05) is 0 Å². The van der Waals surface area contributed by atoms with Crippen molar-refractivity contribution >= 4 is 23.7 Å². The van der Waals surface area contributed by atoms with E-state index >= 15 is 0 Å². The summed E-state index contributed by atoms with van der Waals surface area (Å²) in [7, 11) is 0. The second kappa shape index (κ2) is 6.08. The second-order valence-electron chi connectivity index (χ2n) is 3.96. The van der Waals surface area contributed by atoms with Gasteiger partial charge in [-0.05, 0) is 18.2 Å². The number of phenols is 2. The number of carbonyl (C=O) groups excluding carboxylic acids is 1. The van der Waals surface area contributed by atoms with Crippen molar-refractivity contribution in [2.24, 2.45) is 5.10 Å². The summed E-state index contributed by atoms with van der Waals surface area (Å²) in [6.07, 6.45) is 1.41. The maximum absolute atomic E-state index is 11.7. The largest absolute Gasteiger partial charge is 0.508 e. The van der Waals surface area contributed by atoms with Crippen LogP contribution in [-0.2, 0) is 0 Å². The Labute approximate surface area is 120 Å². The number of aromatic hydroxyl groups is 2. The second-order valence-corrected chi connectivity index (χ2v) is 4.37. The number of amides is 1. The molecular weight excluding hydrogens is 280 g/mol. The van der Waals surface area contributed by atoms with Crippen LogP contribution in [0.5, 0.6) is 11.5 Å². The highest BCUT2D eigenvalue weighted by Gasteiger charge is 2.07. The minimum Gasteiger partial charge on any atom is -0.508 e. The van der Waals surface area contributed by atoms with Crippen molar-refractivity contribution in [2.45, 2.75) is 0 Å². The van der Waals surface area contributed by atoms with Gasteiger partial charge < -0.3 is 10.2 Å². The molecule has 2 aromatic rings. The molecule has 1 amide bonds. The number of carbonyl (C=O) groups is 1. The van der Waals surface area contributed by atoms with E-state index in [1.54, 1.807) is 24.3 Å². The molecule has 0 heterocycles. The van der Waals surface area contributed by atoms with E-state index < -0.39 is 5.91 Å². The van der Waals surface area contributed by atoms with Gasteiger partial charge in [-0.15, -0.1) is 0 Å². The first-order chi connectivity index (χ1) is 9.56. The lowest BCUT2D eigenvalue weighted by molar-refractivity contribution is 0.0954. The van der Waals surface area contributed by atoms with E-state index in [4.69, 9.17) is 11.6 Å². The highest BCUT2D eigenvalue weighted by atomic mass is 35.5. The Morgan fingerprint density at radius 1 is 1.15 bits per heavy atom. The van der Waals surface area contributed by atoms with Crippen LogP contribution < -0.4 is 5.43 Å². The van der Waals surface area contributed by atoms with Gasteiger partial charge in [0.2, 0.25) is 0 Å². The third-order valence-electron chi connectivity index (χ3n) is 2.44. The van der Waals surface area contributed by atoms with E-state index in [0.717, 1.165) is 6.07 Å². The lowest BCUT2D eigenvalue weighted by Gasteiger charge is -2.02. The molecule has 3 N–H and O–H groups in total. The minimum absolute atomic E-state index is 0.0961. The van der Waals surface area contributed by atoms with Gasteiger partial charge in [-0.25, -0.2) is 5.43 Å². The summed E-state index contributed by atoms with van der Waals surface area (Å²) in [6.45, 7) is 0. The maximum Gasteiger partial charge on any atom is 0.271 e.